The fourth-order valence-electron chi connectivity index (χ4n) is 0. The van der Waals surface area contributed by atoms with Crippen molar-refractivity contribution in [2.75, 3.05) is 0 Å². The summed E-state index contributed by atoms with van der Waals surface area (Å²) in [5.41, 5.74) is 0. The van der Waals surface area contributed by atoms with E-state index in [0.717, 1.165) is 0 Å². The summed E-state index contributed by atoms with van der Waals surface area (Å²) in [5.74, 6) is 0. The van der Waals surface area contributed by atoms with Crippen molar-refractivity contribution in [3.8, 4) is 0 Å². The molecule has 0 rings (SSSR count). The van der Waals surface area contributed by atoms with E-state index in [-0.39, 0.29) is 1270 Å². The van der Waals surface area contributed by atoms with Gasteiger partial charge in [-0.15, -0.1) is 0 Å². The zero-order valence-corrected chi connectivity index (χ0v) is 117. The molecule has 0 aromatic rings. The third-order valence-corrected chi connectivity index (χ3v) is 0. The average molecular weight is 1390 g/mol. The maximum absolute atomic E-state index is 0. The fraction of sp³-hybridized carbons (Fsp3) is 0. The van der Waals surface area contributed by atoms with Gasteiger partial charge < -0.3 is 27.4 Å². The number of hydrogen-bond acceptors (Lipinski definition) is 0. The van der Waals surface area contributed by atoms with Gasteiger partial charge in [-0.1, -0.05) is 0 Å². The van der Waals surface area contributed by atoms with Crippen LogP contribution in [0.15, 0.2) is 0 Å². The van der Waals surface area contributed by atoms with E-state index in [1.807, 2.05) is 0 Å². The maximum atomic E-state index is 0. The van der Waals surface area contributed by atoms with Crippen LogP contribution in [0.25, 0.3) is 0 Å². The van der Waals surface area contributed by atoms with Gasteiger partial charge in [-0.3, -0.25) is 0 Å². The van der Waals surface area contributed by atoms with Crippen LogP contribution in [-0.4, -0.2) is 1240 Å². The van der Waals surface area contributed by atoms with Gasteiger partial charge in [0, 0.05) is 0 Å². The van der Waals surface area contributed by atoms with E-state index in [4.69, 9.17) is 0 Å². The Hall–Kier alpha value is 41.2. The third-order valence-electron chi connectivity index (χ3n) is 0. The minimum Gasteiger partial charge on any atom is -2.00 e. The average Bonchev–Trinajstić information content (AvgIpc) is 0. The van der Waals surface area contributed by atoms with E-state index in [1.165, 1.54) is 0 Å². The van der Waals surface area contributed by atoms with Crippen LogP contribution in [0.5, 0.6) is 0 Å². The molecule has 0 heterocycles. The Morgan fingerprint density at radius 2 is 0.0339 bits per heavy atom. The minimum atomic E-state index is 0. The summed E-state index contributed by atoms with van der Waals surface area (Å²) >= 11 is 0. The van der Waals surface area contributed by atoms with Gasteiger partial charge in [-0.25, -0.2) is 0 Å². The van der Waals surface area contributed by atoms with Gasteiger partial charge in [0.25, 0.3) is 0 Å². The van der Waals surface area contributed by atoms with Crippen molar-refractivity contribution in [1.82, 2.24) is 0 Å². The van der Waals surface area contributed by atoms with Crippen molar-refractivity contribution in [2.24, 2.45) is 0 Å². The molecule has 0 aliphatic carbocycles. The molecule has 0 bridgehead atoms. The van der Waals surface area contributed by atoms with E-state index >= 15 is 0 Å². The standard InChI is InChI=1S/54Mg.5O/q54*+2;5*-2. The third kappa shape index (κ3) is 552. The van der Waals surface area contributed by atoms with Crippen LogP contribution in [0.3, 0.4) is 0 Å². The molecular formula is Mg54O5+98. The normalized spacial score (nSPS) is 0. The fourth-order valence-corrected chi connectivity index (χ4v) is 0. The molecule has 0 aromatic carbocycles. The van der Waals surface area contributed by atoms with Crippen molar-refractivity contribution >= 4 is 1240 Å². The molecule has 0 amide bonds. The quantitative estimate of drug-likeness (QED) is 0.213. The summed E-state index contributed by atoms with van der Waals surface area (Å²) in [4.78, 5) is 0. The summed E-state index contributed by atoms with van der Waals surface area (Å²) < 4.78 is 0. The van der Waals surface area contributed by atoms with Gasteiger partial charge in [-0.05, 0) is 0 Å². The molecule has 5 nitrogen and oxygen atoms in total. The van der Waals surface area contributed by atoms with Gasteiger partial charge in [-0.2, -0.15) is 0 Å². The minimum absolute atomic E-state index is 0. The van der Waals surface area contributed by atoms with Crippen LogP contribution >= 0.6 is 0 Å². The molecule has 59 heavy (non-hydrogen) atoms. The first kappa shape index (κ1) is 581. The second-order valence-electron chi connectivity index (χ2n) is 0. The molecule has 0 aliphatic heterocycles. The molecule has 0 fully saturated rings. The summed E-state index contributed by atoms with van der Waals surface area (Å²) in [7, 11) is 0. The van der Waals surface area contributed by atoms with Crippen molar-refractivity contribution in [3.63, 3.8) is 0 Å². The van der Waals surface area contributed by atoms with E-state index in [2.05, 4.69) is 0 Å². The molecule has 0 saturated heterocycles. The molecule has 0 saturated carbocycles. The Kier molecular flexibility index (Phi) is 5550. The predicted octanol–water partition coefficient (Wildman–Crippen LogP) is -21.2. The Labute approximate surface area is 1230 Å². The SMILES string of the molecule is [Mg+2].[Mg+2].[Mg+2].[Mg+2].[Mg+2].[Mg+2].[Mg+2].[Mg+2].[Mg+2].[Mg+2].[Mg+2].[Mg+2].[Mg+2].[Mg+2].[Mg+2].[Mg+2].[Mg+2].[Mg+2].[Mg+2].[Mg+2].[Mg+2].[Mg+2].[Mg+2].[Mg+2].[Mg+2].[Mg+2].[Mg+2].[Mg+2].[Mg+2].[Mg+2].[Mg+2].[Mg+2].[Mg+2].[Mg+2].[Mg+2].[Mg+2].[Mg+2].[Mg+2].[Mg+2].[Mg+2].[Mg+2].[Mg+2].[Mg+2].[Mg+2].[Mg+2].[Mg+2].[Mg+2].[Mg+2].[Mg+2].[Mg+2].[Mg+2].[Mg+2].[Mg+2].[Mg+2].[O-2].[O-2].[O-2].[O-2].[O-2]. The van der Waals surface area contributed by atoms with Gasteiger partial charge in [0.2, 0.25) is 0 Å². The molecule has 0 unspecified atom stereocenters. The smallest absolute Gasteiger partial charge is 2.00 e. The van der Waals surface area contributed by atoms with E-state index in [9.17, 15) is 0 Å². The first-order valence-corrected chi connectivity index (χ1v) is 0. The molecule has 59 heteroatoms. The second-order valence-corrected chi connectivity index (χ2v) is 0. The Morgan fingerprint density at radius 1 is 0.0339 bits per heavy atom. The molecule has 40 valence electrons. The largest absolute Gasteiger partial charge is 2.00 e. The van der Waals surface area contributed by atoms with E-state index in [1.54, 1.807) is 0 Å². The molecule has 0 aliphatic rings. The molecule has 0 N–H and O–H groups in total. The van der Waals surface area contributed by atoms with Crippen LogP contribution in [0.1, 0.15) is 0 Å². The number of hydrogen-bond donors (Lipinski definition) is 0. The summed E-state index contributed by atoms with van der Waals surface area (Å²) in [5, 5.41) is 0. The molecule has 0 spiro atoms. The maximum Gasteiger partial charge on any atom is 2.00 e. The summed E-state index contributed by atoms with van der Waals surface area (Å²) in [6.45, 7) is 0. The topological polar surface area (TPSA) is 142 Å². The Morgan fingerprint density at radius 3 is 0.0339 bits per heavy atom. The Balaban J connectivity index is 0. The van der Waals surface area contributed by atoms with Crippen molar-refractivity contribution in [1.29, 1.82) is 0 Å². The molecule has 0 radical (unpaired) electrons. The van der Waals surface area contributed by atoms with Gasteiger partial charge in [0.1, 0.15) is 0 Å². The van der Waals surface area contributed by atoms with Crippen LogP contribution in [-0.2, 0) is 27.4 Å². The van der Waals surface area contributed by atoms with E-state index in [0.29, 0.717) is 0 Å². The van der Waals surface area contributed by atoms with Gasteiger partial charge >= 0.3 is 1240 Å². The number of rotatable bonds is 0. The molecule has 0 aromatic heterocycles. The Bertz CT molecular complexity index is 24.7. The zero-order chi connectivity index (χ0) is 0. The van der Waals surface area contributed by atoms with Crippen LogP contribution in [0.2, 0.25) is 0 Å². The molecular weight excluding hydrogens is 1390 g/mol. The predicted molar refractivity (Wildman–Crippen MR) is 314 cm³/mol. The van der Waals surface area contributed by atoms with Crippen LogP contribution in [0.4, 0.5) is 0 Å². The second kappa shape index (κ2) is 564. The monoisotopic (exact) mass is 1380 g/mol. The van der Waals surface area contributed by atoms with Crippen LogP contribution in [0, 0.1) is 0 Å². The molecule has 0 atom stereocenters. The summed E-state index contributed by atoms with van der Waals surface area (Å²) in [6, 6.07) is 0. The van der Waals surface area contributed by atoms with Gasteiger partial charge in [0.15, 0.2) is 0 Å². The van der Waals surface area contributed by atoms with E-state index < -0.39 is 0 Å². The first-order valence-electron chi connectivity index (χ1n) is 0. The first-order chi connectivity index (χ1) is 0. The van der Waals surface area contributed by atoms with Crippen LogP contribution < -0.4 is 0 Å². The van der Waals surface area contributed by atoms with Crippen molar-refractivity contribution in [2.45, 2.75) is 0 Å². The zero-order valence-electron chi connectivity index (χ0n) is 40.2. The van der Waals surface area contributed by atoms with Gasteiger partial charge in [0.05, 0.1) is 0 Å². The summed E-state index contributed by atoms with van der Waals surface area (Å²) in [6.07, 6.45) is 0. The van der Waals surface area contributed by atoms with Crippen molar-refractivity contribution in [3.05, 3.63) is 0 Å². The van der Waals surface area contributed by atoms with Crippen molar-refractivity contribution < 1.29 is 27.4 Å².